The fraction of sp³-hybridized carbons (Fsp3) is 0.0769. The maximum absolute atomic E-state index is 12.1. The van der Waals surface area contributed by atoms with Gasteiger partial charge in [-0.3, -0.25) is 4.79 Å². The van der Waals surface area contributed by atoms with Crippen LogP contribution in [0.25, 0.3) is 0 Å². The van der Waals surface area contributed by atoms with Crippen LogP contribution in [-0.4, -0.2) is 17.7 Å². The Bertz CT molecular complexity index is 584. The van der Waals surface area contributed by atoms with E-state index in [0.29, 0.717) is 22.9 Å². The van der Waals surface area contributed by atoms with Crippen molar-refractivity contribution in [3.8, 4) is 11.5 Å². The van der Waals surface area contributed by atoms with Gasteiger partial charge in [0.2, 0.25) is 6.79 Å². The third-order valence-corrected chi connectivity index (χ3v) is 2.55. The van der Waals surface area contributed by atoms with Gasteiger partial charge >= 0.3 is 0 Å². The van der Waals surface area contributed by atoms with Gasteiger partial charge in [0, 0.05) is 6.20 Å². The van der Waals surface area contributed by atoms with Crippen LogP contribution >= 0.6 is 0 Å². The highest BCUT2D eigenvalue weighted by Crippen LogP contribution is 2.35. The molecule has 1 aliphatic heterocycles. The van der Waals surface area contributed by atoms with Crippen molar-refractivity contribution in [2.24, 2.45) is 0 Å². The summed E-state index contributed by atoms with van der Waals surface area (Å²) >= 11 is 0. The van der Waals surface area contributed by atoms with Crippen LogP contribution in [0.3, 0.4) is 0 Å². The number of hydrogen-bond acceptors (Lipinski definition) is 4. The van der Waals surface area contributed by atoms with E-state index in [9.17, 15) is 4.79 Å². The minimum absolute atomic E-state index is 0.142. The largest absolute Gasteiger partial charge is 0.454 e. The van der Waals surface area contributed by atoms with Gasteiger partial charge in [0.1, 0.15) is 5.82 Å². The summed E-state index contributed by atoms with van der Waals surface area (Å²) in [6.07, 6.45) is 1.62. The molecule has 1 N–H and O–H groups in total. The van der Waals surface area contributed by atoms with Gasteiger partial charge in [0.25, 0.3) is 5.91 Å². The number of hydrogen-bond donors (Lipinski definition) is 1. The van der Waals surface area contributed by atoms with E-state index >= 15 is 0 Å². The topological polar surface area (TPSA) is 60.5 Å². The zero-order valence-corrected chi connectivity index (χ0v) is 9.42. The van der Waals surface area contributed by atoms with Crippen LogP contribution in [0.1, 0.15) is 10.4 Å². The third kappa shape index (κ3) is 1.86. The van der Waals surface area contributed by atoms with E-state index in [4.69, 9.17) is 9.47 Å². The Labute approximate surface area is 103 Å². The van der Waals surface area contributed by atoms with E-state index in [2.05, 4.69) is 10.3 Å². The SMILES string of the molecule is O=C(Nc1ccccn1)c1cccc2c1OCO2. The summed E-state index contributed by atoms with van der Waals surface area (Å²) in [5.41, 5.74) is 0.440. The molecule has 1 aromatic heterocycles. The standard InChI is InChI=1S/C13H10N2O3/c16-13(15-11-6-1-2-7-14-11)9-4-3-5-10-12(9)18-8-17-10/h1-7H,8H2,(H,14,15,16). The van der Waals surface area contributed by atoms with Crippen LogP contribution in [0.2, 0.25) is 0 Å². The average Bonchev–Trinajstić information content (AvgIpc) is 2.87. The highest BCUT2D eigenvalue weighted by atomic mass is 16.7. The minimum Gasteiger partial charge on any atom is -0.454 e. The van der Waals surface area contributed by atoms with Gasteiger partial charge in [-0.2, -0.15) is 0 Å². The lowest BCUT2D eigenvalue weighted by Gasteiger charge is -2.06. The molecule has 0 radical (unpaired) electrons. The van der Waals surface area contributed by atoms with Gasteiger partial charge in [-0.15, -0.1) is 0 Å². The minimum atomic E-state index is -0.268. The molecule has 1 amide bonds. The first-order valence-electron chi connectivity index (χ1n) is 5.45. The lowest BCUT2D eigenvalue weighted by molar-refractivity contribution is 0.102. The lowest BCUT2D eigenvalue weighted by Crippen LogP contribution is -2.13. The summed E-state index contributed by atoms with van der Waals surface area (Å²) in [5.74, 6) is 1.30. The average molecular weight is 242 g/mol. The van der Waals surface area contributed by atoms with Crippen molar-refractivity contribution in [1.82, 2.24) is 4.98 Å². The molecule has 2 aromatic rings. The van der Waals surface area contributed by atoms with E-state index in [1.54, 1.807) is 42.6 Å². The van der Waals surface area contributed by atoms with Crippen molar-refractivity contribution in [2.45, 2.75) is 0 Å². The Morgan fingerprint density at radius 1 is 1.17 bits per heavy atom. The zero-order valence-electron chi connectivity index (χ0n) is 9.42. The molecule has 5 nitrogen and oxygen atoms in total. The molecule has 5 heteroatoms. The molecule has 0 aliphatic carbocycles. The van der Waals surface area contributed by atoms with E-state index in [0.717, 1.165) is 0 Å². The summed E-state index contributed by atoms with van der Waals surface area (Å²) in [6.45, 7) is 0.142. The van der Waals surface area contributed by atoms with Gasteiger partial charge in [0.05, 0.1) is 5.56 Å². The van der Waals surface area contributed by atoms with Crippen LogP contribution in [0.15, 0.2) is 42.6 Å². The number of benzene rings is 1. The monoisotopic (exact) mass is 242 g/mol. The smallest absolute Gasteiger partial charge is 0.260 e. The first kappa shape index (κ1) is 10.6. The van der Waals surface area contributed by atoms with Gasteiger partial charge < -0.3 is 14.8 Å². The van der Waals surface area contributed by atoms with Gasteiger partial charge in [0.15, 0.2) is 11.5 Å². The summed E-state index contributed by atoms with van der Waals surface area (Å²) < 4.78 is 10.5. The second-order valence-electron chi connectivity index (χ2n) is 3.71. The molecule has 0 saturated carbocycles. The number of rotatable bonds is 2. The molecule has 2 heterocycles. The molecule has 0 spiro atoms. The third-order valence-electron chi connectivity index (χ3n) is 2.55. The lowest BCUT2D eigenvalue weighted by atomic mass is 10.1. The number of fused-ring (bicyclic) bond motifs is 1. The molecule has 1 aliphatic rings. The molecule has 0 unspecified atom stereocenters. The van der Waals surface area contributed by atoms with Gasteiger partial charge in [-0.25, -0.2) is 4.98 Å². The number of anilines is 1. The number of carbonyl (C=O) groups is 1. The van der Waals surface area contributed by atoms with Crippen LogP contribution < -0.4 is 14.8 Å². The number of nitrogens with one attached hydrogen (secondary N) is 1. The van der Waals surface area contributed by atoms with Gasteiger partial charge in [-0.05, 0) is 24.3 Å². The van der Waals surface area contributed by atoms with Crippen LogP contribution in [0.5, 0.6) is 11.5 Å². The highest BCUT2D eigenvalue weighted by molar-refractivity contribution is 6.06. The Hall–Kier alpha value is -2.56. The molecule has 0 bridgehead atoms. The van der Waals surface area contributed by atoms with Crippen LogP contribution in [0, 0.1) is 0 Å². The van der Waals surface area contributed by atoms with Crippen molar-refractivity contribution in [2.75, 3.05) is 12.1 Å². The van der Waals surface area contributed by atoms with Crippen LogP contribution in [-0.2, 0) is 0 Å². The van der Waals surface area contributed by atoms with Crippen molar-refractivity contribution in [3.05, 3.63) is 48.2 Å². The van der Waals surface area contributed by atoms with Crippen molar-refractivity contribution in [3.63, 3.8) is 0 Å². The zero-order chi connectivity index (χ0) is 12.4. The first-order valence-corrected chi connectivity index (χ1v) is 5.45. The maximum Gasteiger partial charge on any atom is 0.260 e. The fourth-order valence-corrected chi connectivity index (χ4v) is 1.73. The number of pyridine rings is 1. The summed E-state index contributed by atoms with van der Waals surface area (Å²) in [4.78, 5) is 16.1. The Morgan fingerprint density at radius 3 is 2.94 bits per heavy atom. The quantitative estimate of drug-likeness (QED) is 0.875. The number of para-hydroxylation sites is 1. The Kier molecular flexibility index (Phi) is 2.57. The summed E-state index contributed by atoms with van der Waals surface area (Å²) in [6, 6.07) is 10.5. The van der Waals surface area contributed by atoms with E-state index in [1.807, 2.05) is 0 Å². The molecule has 0 fully saturated rings. The Balaban J connectivity index is 1.88. The van der Waals surface area contributed by atoms with Gasteiger partial charge in [-0.1, -0.05) is 12.1 Å². The maximum atomic E-state index is 12.1. The molecular weight excluding hydrogens is 232 g/mol. The molecule has 3 rings (SSSR count). The second kappa shape index (κ2) is 4.37. The number of nitrogens with zero attached hydrogens (tertiary/aromatic N) is 1. The summed E-state index contributed by atoms with van der Waals surface area (Å²) in [7, 11) is 0. The highest BCUT2D eigenvalue weighted by Gasteiger charge is 2.21. The first-order chi connectivity index (χ1) is 8.84. The molecule has 0 saturated heterocycles. The summed E-state index contributed by atoms with van der Waals surface area (Å²) in [5, 5.41) is 2.70. The van der Waals surface area contributed by atoms with Crippen LogP contribution in [0.4, 0.5) is 5.82 Å². The number of aromatic nitrogens is 1. The van der Waals surface area contributed by atoms with E-state index < -0.39 is 0 Å². The number of ether oxygens (including phenoxy) is 2. The van der Waals surface area contributed by atoms with Crippen molar-refractivity contribution >= 4 is 11.7 Å². The second-order valence-corrected chi connectivity index (χ2v) is 3.71. The Morgan fingerprint density at radius 2 is 2.11 bits per heavy atom. The normalized spacial score (nSPS) is 12.2. The van der Waals surface area contributed by atoms with E-state index in [-0.39, 0.29) is 12.7 Å². The predicted octanol–water partition coefficient (Wildman–Crippen LogP) is 2.06. The molecule has 90 valence electrons. The van der Waals surface area contributed by atoms with Crippen molar-refractivity contribution in [1.29, 1.82) is 0 Å². The fourth-order valence-electron chi connectivity index (χ4n) is 1.73. The molecular formula is C13H10N2O3. The molecule has 1 aromatic carbocycles. The molecule has 18 heavy (non-hydrogen) atoms. The predicted molar refractivity (Wildman–Crippen MR) is 64.8 cm³/mol. The van der Waals surface area contributed by atoms with Crippen molar-refractivity contribution < 1.29 is 14.3 Å². The number of carbonyl (C=O) groups excluding carboxylic acids is 1. The van der Waals surface area contributed by atoms with E-state index in [1.165, 1.54) is 0 Å². The number of amides is 1. The molecule has 0 atom stereocenters.